The normalized spacial score (nSPS) is 20.5. The Balaban J connectivity index is 0.000000317. The Kier molecular flexibility index (Phi) is 11.3. The van der Waals surface area contributed by atoms with Crippen LogP contribution in [0, 0.1) is 11.8 Å². The van der Waals surface area contributed by atoms with E-state index in [2.05, 4.69) is 22.0 Å². The van der Waals surface area contributed by atoms with Crippen LogP contribution >= 0.6 is 0 Å². The number of carboxylic acid groups (broad SMARTS) is 2. The van der Waals surface area contributed by atoms with Crippen LogP contribution in [0.3, 0.4) is 0 Å². The Morgan fingerprint density at radius 3 is 1.97 bits per heavy atom. The maximum absolute atomic E-state index is 10.6. The lowest BCUT2D eigenvalue weighted by Gasteiger charge is -2.20. The van der Waals surface area contributed by atoms with Crippen LogP contribution < -0.4 is 9.47 Å². The zero-order chi connectivity index (χ0) is 29.2. The van der Waals surface area contributed by atoms with Gasteiger partial charge in [-0.2, -0.15) is 26.3 Å². The van der Waals surface area contributed by atoms with Crippen molar-refractivity contribution in [3.05, 3.63) is 54.4 Å². The number of benzene rings is 1. The molecule has 1 aromatic carbocycles. The van der Waals surface area contributed by atoms with Crippen LogP contribution in [0.25, 0.3) is 0 Å². The van der Waals surface area contributed by atoms with Gasteiger partial charge in [0.15, 0.2) is 0 Å². The van der Waals surface area contributed by atoms with Crippen LogP contribution in [0.4, 0.5) is 26.3 Å². The Labute approximate surface area is 218 Å². The van der Waals surface area contributed by atoms with Crippen molar-refractivity contribution < 1.29 is 60.4 Å². The molecule has 9 nitrogen and oxygen atoms in total. The van der Waals surface area contributed by atoms with E-state index < -0.39 is 24.3 Å². The molecule has 0 amide bonds. The summed E-state index contributed by atoms with van der Waals surface area (Å²) in [4.78, 5) is 24.3. The van der Waals surface area contributed by atoms with E-state index in [1.807, 2.05) is 24.3 Å². The van der Waals surface area contributed by atoms with Gasteiger partial charge in [-0.15, -0.1) is 0 Å². The molecule has 2 saturated heterocycles. The minimum Gasteiger partial charge on any atom is -0.497 e. The number of ether oxygens (including phenoxy) is 3. The molecule has 2 N–H and O–H groups in total. The third kappa shape index (κ3) is 10.6. The van der Waals surface area contributed by atoms with Crippen molar-refractivity contribution in [1.82, 2.24) is 9.88 Å². The number of aliphatic carboxylic acids is 2. The van der Waals surface area contributed by atoms with Gasteiger partial charge < -0.3 is 24.4 Å². The summed E-state index contributed by atoms with van der Waals surface area (Å²) in [6.45, 7) is 4.54. The summed E-state index contributed by atoms with van der Waals surface area (Å²) in [6, 6.07) is 12.1. The van der Waals surface area contributed by atoms with Crippen molar-refractivity contribution in [3.63, 3.8) is 0 Å². The van der Waals surface area contributed by atoms with Gasteiger partial charge >= 0.3 is 24.3 Å². The number of nitrogens with zero attached hydrogens (tertiary/aromatic N) is 2. The van der Waals surface area contributed by atoms with Crippen LogP contribution in [-0.2, 0) is 20.9 Å². The van der Waals surface area contributed by atoms with Gasteiger partial charge in [-0.25, -0.2) is 9.59 Å². The monoisotopic (exact) mass is 568 g/mol. The second kappa shape index (κ2) is 14.0. The number of aromatic nitrogens is 1. The largest absolute Gasteiger partial charge is 0.497 e. The number of hydrogen-bond acceptors (Lipinski definition) is 7. The Morgan fingerprint density at radius 1 is 0.949 bits per heavy atom. The minimum absolute atomic E-state index is 0.337. The van der Waals surface area contributed by atoms with E-state index >= 15 is 0 Å². The lowest BCUT2D eigenvalue weighted by Crippen LogP contribution is -2.26. The van der Waals surface area contributed by atoms with E-state index in [0.29, 0.717) is 24.5 Å². The first-order chi connectivity index (χ1) is 18.2. The molecule has 0 aliphatic carbocycles. The molecule has 4 rings (SSSR count). The number of halogens is 6. The van der Waals surface area contributed by atoms with Crippen molar-refractivity contribution >= 4 is 11.9 Å². The molecule has 0 spiro atoms. The highest BCUT2D eigenvalue weighted by Crippen LogP contribution is 2.34. The predicted octanol–water partition coefficient (Wildman–Crippen LogP) is 3.88. The Morgan fingerprint density at radius 2 is 1.49 bits per heavy atom. The van der Waals surface area contributed by atoms with Gasteiger partial charge in [0.25, 0.3) is 0 Å². The highest BCUT2D eigenvalue weighted by Gasteiger charge is 2.44. The van der Waals surface area contributed by atoms with Crippen molar-refractivity contribution in [2.75, 3.05) is 33.4 Å². The highest BCUT2D eigenvalue weighted by atomic mass is 19.4. The zero-order valence-electron chi connectivity index (χ0n) is 20.5. The fraction of sp³-hybridized carbons (Fsp3) is 0.458. The topological polar surface area (TPSA) is 118 Å². The summed E-state index contributed by atoms with van der Waals surface area (Å²) in [5.74, 6) is -2.72. The number of hydrogen-bond donors (Lipinski definition) is 2. The smallest absolute Gasteiger partial charge is 0.490 e. The molecule has 2 fully saturated rings. The van der Waals surface area contributed by atoms with Crippen LogP contribution in [0.15, 0.2) is 48.8 Å². The van der Waals surface area contributed by atoms with E-state index in [4.69, 9.17) is 34.0 Å². The SMILES string of the molecule is COc1ccc(CN2C[C@@H]3[C@H](COc4ccncc4)CO[C@@H]3C2)cc1.O=C(O)C(F)(F)F.O=C(O)C(F)(F)F. The molecule has 2 aliphatic rings. The van der Waals surface area contributed by atoms with E-state index in [1.165, 1.54) is 5.56 Å². The third-order valence-electron chi connectivity index (χ3n) is 5.68. The van der Waals surface area contributed by atoms with Crippen molar-refractivity contribution in [2.45, 2.75) is 25.0 Å². The van der Waals surface area contributed by atoms with Gasteiger partial charge in [0.2, 0.25) is 0 Å². The maximum atomic E-state index is 10.6. The number of pyridine rings is 1. The van der Waals surface area contributed by atoms with Crippen molar-refractivity contribution in [2.24, 2.45) is 11.8 Å². The molecule has 1 aromatic heterocycles. The number of likely N-dealkylation sites (tertiary alicyclic amines) is 1. The molecule has 2 aliphatic heterocycles. The average molecular weight is 568 g/mol. The van der Waals surface area contributed by atoms with Crippen molar-refractivity contribution in [1.29, 1.82) is 0 Å². The molecule has 0 unspecified atom stereocenters. The van der Waals surface area contributed by atoms with Crippen LogP contribution in [0.2, 0.25) is 0 Å². The second-order valence-corrected chi connectivity index (χ2v) is 8.44. The molecule has 0 bridgehead atoms. The zero-order valence-corrected chi connectivity index (χ0v) is 20.5. The predicted molar refractivity (Wildman–Crippen MR) is 122 cm³/mol. The first kappa shape index (κ1) is 31.6. The van der Waals surface area contributed by atoms with E-state index in [1.54, 1.807) is 19.5 Å². The summed E-state index contributed by atoms with van der Waals surface area (Å²) < 4.78 is 80.7. The van der Waals surface area contributed by atoms with E-state index in [-0.39, 0.29) is 0 Å². The lowest BCUT2D eigenvalue weighted by atomic mass is 9.94. The quantitative estimate of drug-likeness (QED) is 0.501. The van der Waals surface area contributed by atoms with Gasteiger partial charge in [0.05, 0.1) is 26.4 Å². The van der Waals surface area contributed by atoms with Gasteiger partial charge in [0.1, 0.15) is 11.5 Å². The van der Waals surface area contributed by atoms with Crippen LogP contribution in [0.5, 0.6) is 11.5 Å². The molecule has 2 aromatic rings. The number of alkyl halides is 6. The number of carboxylic acids is 2. The molecule has 15 heteroatoms. The highest BCUT2D eigenvalue weighted by molar-refractivity contribution is 5.73. The maximum Gasteiger partial charge on any atom is 0.490 e. The molecule has 0 saturated carbocycles. The second-order valence-electron chi connectivity index (χ2n) is 8.44. The number of methoxy groups -OCH3 is 1. The molecule has 216 valence electrons. The molecule has 0 radical (unpaired) electrons. The molecule has 39 heavy (non-hydrogen) atoms. The first-order valence-electron chi connectivity index (χ1n) is 11.3. The summed E-state index contributed by atoms with van der Waals surface area (Å²) in [5.41, 5.74) is 1.31. The fourth-order valence-electron chi connectivity index (χ4n) is 3.81. The third-order valence-corrected chi connectivity index (χ3v) is 5.68. The number of fused-ring (bicyclic) bond motifs is 1. The Hall–Kier alpha value is -3.59. The van der Waals surface area contributed by atoms with Crippen molar-refractivity contribution in [3.8, 4) is 11.5 Å². The van der Waals surface area contributed by atoms with Gasteiger partial charge in [0, 0.05) is 43.9 Å². The summed E-state index contributed by atoms with van der Waals surface area (Å²) in [7, 11) is 1.70. The summed E-state index contributed by atoms with van der Waals surface area (Å²) >= 11 is 0. The summed E-state index contributed by atoms with van der Waals surface area (Å²) in [6.07, 6.45) is -6.31. The molecular weight excluding hydrogens is 542 g/mol. The van der Waals surface area contributed by atoms with Gasteiger partial charge in [-0.1, -0.05) is 12.1 Å². The molecular formula is C24H26F6N2O7. The van der Waals surface area contributed by atoms with Crippen LogP contribution in [0.1, 0.15) is 5.56 Å². The summed E-state index contributed by atoms with van der Waals surface area (Å²) in [5, 5.41) is 14.2. The number of carbonyl (C=O) groups is 2. The lowest BCUT2D eigenvalue weighted by molar-refractivity contribution is -0.193. The van der Waals surface area contributed by atoms with E-state index in [0.717, 1.165) is 37.7 Å². The van der Waals surface area contributed by atoms with Crippen LogP contribution in [-0.4, -0.2) is 83.9 Å². The molecule has 3 atom stereocenters. The average Bonchev–Trinajstić information content (AvgIpc) is 3.44. The Bertz CT molecular complexity index is 1030. The van der Waals surface area contributed by atoms with Gasteiger partial charge in [-0.05, 0) is 29.8 Å². The van der Waals surface area contributed by atoms with E-state index in [9.17, 15) is 26.3 Å². The fourth-order valence-corrected chi connectivity index (χ4v) is 3.81. The number of rotatable bonds is 6. The molecule has 3 heterocycles. The standard InChI is InChI=1S/C20H24N2O3.2C2HF3O2/c1-23-17-4-2-15(3-5-17)10-22-11-19-16(14-25-20(19)12-22)13-24-18-6-8-21-9-7-18;2*3-2(4,5)1(6)7/h2-9,16,19-20H,10-14H2,1H3;2*(H,6,7)/t16-,19-,20-;;/m1../s1. The van der Waals surface area contributed by atoms with Gasteiger partial charge in [-0.3, -0.25) is 9.88 Å². The minimum atomic E-state index is -5.08. The first-order valence-corrected chi connectivity index (χ1v) is 11.3.